The summed E-state index contributed by atoms with van der Waals surface area (Å²) in [5.74, 6) is 0.878. The Hall–Kier alpha value is -4.56. The fourth-order valence-electron chi connectivity index (χ4n) is 6.71. The molecule has 7 rings (SSSR count). The minimum absolute atomic E-state index is 0.177. The Balaban J connectivity index is 1.22. The minimum atomic E-state index is -0.814. The average molecular weight is 719 g/mol. The van der Waals surface area contributed by atoms with Gasteiger partial charge in [0.15, 0.2) is 17.4 Å². The van der Waals surface area contributed by atoms with Gasteiger partial charge in [0.05, 0.1) is 10.5 Å². The van der Waals surface area contributed by atoms with Crippen LogP contribution < -0.4 is 5.32 Å². The number of carbonyl (C=O) groups is 3. The lowest BCUT2D eigenvalue weighted by Gasteiger charge is -2.27. The van der Waals surface area contributed by atoms with Gasteiger partial charge in [0.25, 0.3) is 0 Å². The van der Waals surface area contributed by atoms with E-state index in [0.717, 1.165) is 16.7 Å². The summed E-state index contributed by atoms with van der Waals surface area (Å²) in [5, 5.41) is 12.2. The Morgan fingerprint density at radius 2 is 1.83 bits per heavy atom. The first-order valence-electron chi connectivity index (χ1n) is 15.0. The zero-order valence-electron chi connectivity index (χ0n) is 25.9. The van der Waals surface area contributed by atoms with Gasteiger partial charge in [0.1, 0.15) is 28.7 Å². The lowest BCUT2D eigenvalue weighted by molar-refractivity contribution is -0.138. The van der Waals surface area contributed by atoms with Crippen LogP contribution in [0, 0.1) is 26.2 Å². The van der Waals surface area contributed by atoms with Crippen LogP contribution in [0.5, 0.6) is 0 Å². The number of Topliss-reactive ketones (excluding diaryl/α,β-unsaturated/α-hetero) is 1. The van der Waals surface area contributed by atoms with E-state index in [4.69, 9.17) is 16.1 Å². The molecule has 1 aromatic carbocycles. The predicted octanol–water partition coefficient (Wildman–Crippen LogP) is 5.06. The number of nitrogens with zero attached hydrogens (tertiary/aromatic N) is 8. The number of hydrogen-bond donors (Lipinski definition) is 1. The molecule has 0 unspecified atom stereocenters. The van der Waals surface area contributed by atoms with Crippen LogP contribution in [0.2, 0.25) is 5.02 Å². The van der Waals surface area contributed by atoms with Crippen molar-refractivity contribution in [3.05, 3.63) is 75.1 Å². The third-order valence-electron chi connectivity index (χ3n) is 8.90. The molecule has 1 aliphatic heterocycles. The molecule has 2 aliphatic rings. The van der Waals surface area contributed by atoms with Crippen molar-refractivity contribution in [1.82, 2.24) is 39.8 Å². The van der Waals surface area contributed by atoms with Gasteiger partial charge in [-0.25, -0.2) is 15.0 Å². The SMILES string of the molecule is CC(=O)c1nn(CC(=O)N2[C@H](C(=O)Nc3nc(Br)ccc3Cl)C[C@@]3(Cc4nc(C)no4)C[C@@H]23)c2c(C)cc(-c3cnc(C)nc3)cc12. The van der Waals surface area contributed by atoms with Crippen LogP contribution in [0.1, 0.15) is 53.4 Å². The second-order valence-electron chi connectivity index (χ2n) is 12.2. The third kappa shape index (κ3) is 5.69. The second-order valence-corrected chi connectivity index (χ2v) is 13.5. The van der Waals surface area contributed by atoms with Gasteiger partial charge in [0.2, 0.25) is 17.7 Å². The monoisotopic (exact) mass is 717 g/mol. The highest BCUT2D eigenvalue weighted by molar-refractivity contribution is 9.10. The van der Waals surface area contributed by atoms with E-state index in [0.29, 0.717) is 52.3 Å². The Bertz CT molecular complexity index is 2100. The van der Waals surface area contributed by atoms with Crippen LogP contribution in [-0.4, -0.2) is 69.5 Å². The number of hydrogen-bond acceptors (Lipinski definition) is 10. The smallest absolute Gasteiger partial charge is 0.248 e. The molecule has 5 aromatic rings. The molecule has 1 saturated carbocycles. The maximum Gasteiger partial charge on any atom is 0.248 e. The normalized spacial score (nSPS) is 20.0. The highest BCUT2D eigenvalue weighted by atomic mass is 79.9. The Morgan fingerprint density at radius 1 is 1.06 bits per heavy atom. The highest BCUT2D eigenvalue weighted by Gasteiger charge is 2.67. The molecule has 5 heterocycles. The van der Waals surface area contributed by atoms with E-state index in [2.05, 4.69) is 51.4 Å². The van der Waals surface area contributed by atoms with Crippen molar-refractivity contribution in [2.75, 3.05) is 5.32 Å². The maximum absolute atomic E-state index is 14.3. The molecule has 240 valence electrons. The standard InChI is InChI=1S/C32H29BrClN9O4/c1-15-7-19(20-12-35-17(3)36-13-20)8-21-28(16(2)44)40-42(29(15)21)14-27(45)43-23(31(46)39-30-22(34)5-6-25(33)38-30)9-32(10-24(32)43)11-26-37-18(4)41-47-26/h5-8,12-13,23-24H,9-11,14H2,1-4H3,(H,38,39,46)/t23-,24+,32-/m0/s1. The van der Waals surface area contributed by atoms with Crippen molar-refractivity contribution in [3.8, 4) is 11.1 Å². The summed E-state index contributed by atoms with van der Waals surface area (Å²) in [6.45, 7) is 6.74. The van der Waals surface area contributed by atoms with Crippen molar-refractivity contribution in [3.63, 3.8) is 0 Å². The Morgan fingerprint density at radius 3 is 2.53 bits per heavy atom. The fraction of sp³-hybridized carbons (Fsp3) is 0.344. The molecule has 47 heavy (non-hydrogen) atoms. The topological polar surface area (TPSA) is 162 Å². The molecular formula is C32H29BrClN9O4. The van der Waals surface area contributed by atoms with Crippen molar-refractivity contribution in [2.24, 2.45) is 5.41 Å². The number of ketones is 1. The van der Waals surface area contributed by atoms with Gasteiger partial charge < -0.3 is 14.7 Å². The van der Waals surface area contributed by atoms with E-state index in [1.54, 1.807) is 41.0 Å². The lowest BCUT2D eigenvalue weighted by atomic mass is 9.95. The minimum Gasteiger partial charge on any atom is -0.339 e. The molecular weight excluding hydrogens is 690 g/mol. The number of nitrogens with one attached hydrogen (secondary N) is 1. The van der Waals surface area contributed by atoms with Crippen LogP contribution in [0.4, 0.5) is 5.82 Å². The number of halogens is 2. The largest absolute Gasteiger partial charge is 0.339 e. The lowest BCUT2D eigenvalue weighted by Crippen LogP contribution is -2.46. The van der Waals surface area contributed by atoms with Crippen molar-refractivity contribution in [2.45, 2.75) is 65.6 Å². The van der Waals surface area contributed by atoms with Gasteiger partial charge in [-0.2, -0.15) is 10.1 Å². The fourth-order valence-corrected chi connectivity index (χ4v) is 7.17. The number of pyridine rings is 1. The molecule has 0 bridgehead atoms. The molecule has 2 fully saturated rings. The molecule has 1 saturated heterocycles. The van der Waals surface area contributed by atoms with Gasteiger partial charge in [-0.05, 0) is 84.9 Å². The maximum atomic E-state index is 14.3. The summed E-state index contributed by atoms with van der Waals surface area (Å²) < 4.78 is 7.47. The summed E-state index contributed by atoms with van der Waals surface area (Å²) in [6.07, 6.45) is 4.97. The summed E-state index contributed by atoms with van der Waals surface area (Å²) >= 11 is 9.65. The number of amides is 2. The summed E-state index contributed by atoms with van der Waals surface area (Å²) in [5.41, 5.74) is 2.97. The first-order chi connectivity index (χ1) is 22.4. The number of carbonyl (C=O) groups excluding carboxylic acids is 3. The first kappa shape index (κ1) is 31.1. The molecule has 4 aromatic heterocycles. The number of rotatable bonds is 8. The number of benzene rings is 1. The predicted molar refractivity (Wildman–Crippen MR) is 175 cm³/mol. The quantitative estimate of drug-likeness (QED) is 0.170. The number of piperidine rings is 1. The molecule has 13 nitrogen and oxygen atoms in total. The van der Waals surface area contributed by atoms with E-state index in [-0.39, 0.29) is 40.8 Å². The molecule has 15 heteroatoms. The number of aryl methyl sites for hydroxylation is 3. The molecule has 0 radical (unpaired) electrons. The van der Waals surface area contributed by atoms with Gasteiger partial charge in [0, 0.05) is 48.1 Å². The third-order valence-corrected chi connectivity index (χ3v) is 9.65. The van der Waals surface area contributed by atoms with Crippen LogP contribution >= 0.6 is 27.5 Å². The zero-order chi connectivity index (χ0) is 33.2. The van der Waals surface area contributed by atoms with Crippen molar-refractivity contribution < 1.29 is 18.9 Å². The summed E-state index contributed by atoms with van der Waals surface area (Å²) in [7, 11) is 0. The zero-order valence-corrected chi connectivity index (χ0v) is 28.3. The van der Waals surface area contributed by atoms with E-state index < -0.39 is 17.4 Å². The first-order valence-corrected chi connectivity index (χ1v) is 16.1. The van der Waals surface area contributed by atoms with Gasteiger partial charge >= 0.3 is 0 Å². The van der Waals surface area contributed by atoms with Crippen LogP contribution in [-0.2, 0) is 22.6 Å². The Kier molecular flexibility index (Phi) is 7.66. The van der Waals surface area contributed by atoms with E-state index in [9.17, 15) is 14.4 Å². The number of fused-ring (bicyclic) bond motifs is 2. The molecule has 1 N–H and O–H groups in total. The summed E-state index contributed by atoms with van der Waals surface area (Å²) in [4.78, 5) is 59.8. The molecule has 3 atom stereocenters. The van der Waals surface area contributed by atoms with Crippen molar-refractivity contribution in [1.29, 1.82) is 0 Å². The summed E-state index contributed by atoms with van der Waals surface area (Å²) in [6, 6.07) is 6.08. The van der Waals surface area contributed by atoms with Crippen LogP contribution in [0.15, 0.2) is 45.8 Å². The van der Waals surface area contributed by atoms with E-state index in [1.807, 2.05) is 26.0 Å². The molecule has 0 spiro atoms. The van der Waals surface area contributed by atoms with Crippen LogP contribution in [0.3, 0.4) is 0 Å². The van der Waals surface area contributed by atoms with Gasteiger partial charge in [-0.15, -0.1) is 0 Å². The van der Waals surface area contributed by atoms with Gasteiger partial charge in [-0.1, -0.05) is 16.8 Å². The average Bonchev–Trinajstić information content (AvgIpc) is 3.28. The Labute approximate surface area is 282 Å². The van der Waals surface area contributed by atoms with E-state index in [1.165, 1.54) is 6.92 Å². The number of aromatic nitrogens is 7. The van der Waals surface area contributed by atoms with E-state index >= 15 is 0 Å². The van der Waals surface area contributed by atoms with Crippen LogP contribution in [0.25, 0.3) is 22.0 Å². The highest BCUT2D eigenvalue weighted by Crippen LogP contribution is 2.61. The second kappa shape index (κ2) is 11.6. The van der Waals surface area contributed by atoms with Gasteiger partial charge in [-0.3, -0.25) is 19.1 Å². The number of anilines is 1. The number of likely N-dealkylation sites (tertiary alicyclic amines) is 1. The molecule has 2 amide bonds. The van der Waals surface area contributed by atoms with Crippen molar-refractivity contribution >= 4 is 61.8 Å². The molecule has 1 aliphatic carbocycles.